The number of aromatic nitrogens is 3. The molecule has 3 amide bonds. The Morgan fingerprint density at radius 2 is 1.88 bits per heavy atom. The summed E-state index contributed by atoms with van der Waals surface area (Å²) in [4.78, 5) is 27.8. The number of amides is 3. The molecule has 0 aliphatic heterocycles. The van der Waals surface area contributed by atoms with Gasteiger partial charge in [-0.15, -0.1) is 5.10 Å². The Morgan fingerprint density at radius 1 is 1.20 bits per heavy atom. The summed E-state index contributed by atoms with van der Waals surface area (Å²) in [5.74, 6) is 0.310. The average Bonchev–Trinajstić information content (AvgIpc) is 3.00. The van der Waals surface area contributed by atoms with E-state index in [9.17, 15) is 9.59 Å². The third-order valence-electron chi connectivity index (χ3n) is 3.17. The molecule has 0 atom stereocenters. The van der Waals surface area contributed by atoms with Gasteiger partial charge in [0.05, 0.1) is 5.75 Å². The van der Waals surface area contributed by atoms with Gasteiger partial charge in [0, 0.05) is 11.1 Å². The van der Waals surface area contributed by atoms with Gasteiger partial charge >= 0.3 is 6.03 Å². The van der Waals surface area contributed by atoms with E-state index < -0.39 is 17.5 Å². The van der Waals surface area contributed by atoms with Gasteiger partial charge in [0.1, 0.15) is 0 Å². The smallest absolute Gasteiger partial charge is 0.321 e. The van der Waals surface area contributed by atoms with Gasteiger partial charge in [-0.1, -0.05) is 43.0 Å². The van der Waals surface area contributed by atoms with Crippen molar-refractivity contribution in [2.45, 2.75) is 44.8 Å². The van der Waals surface area contributed by atoms with E-state index in [1.807, 2.05) is 45.0 Å². The molecular formula is C17H23N5O2S. The highest BCUT2D eigenvalue weighted by atomic mass is 32.2. The molecule has 0 fully saturated rings. The van der Waals surface area contributed by atoms with E-state index in [2.05, 4.69) is 32.7 Å². The summed E-state index contributed by atoms with van der Waals surface area (Å²) in [5.41, 5.74) is 1.79. The maximum atomic E-state index is 11.8. The molecule has 0 saturated heterocycles. The Balaban J connectivity index is 1.86. The number of nitrogens with zero attached hydrogens (tertiary/aromatic N) is 2. The molecule has 0 radical (unpaired) electrons. The maximum absolute atomic E-state index is 11.8. The molecule has 3 N–H and O–H groups in total. The predicted molar refractivity (Wildman–Crippen MR) is 98.3 cm³/mol. The Hall–Kier alpha value is -2.35. The number of hydrogen-bond acceptors (Lipinski definition) is 5. The lowest BCUT2D eigenvalue weighted by Gasteiger charge is -2.20. The summed E-state index contributed by atoms with van der Waals surface area (Å²) < 4.78 is 0. The Bertz CT molecular complexity index is 734. The molecule has 1 heterocycles. The number of H-pyrrole nitrogens is 1. The number of hydrogen-bond donors (Lipinski definition) is 3. The van der Waals surface area contributed by atoms with Crippen LogP contribution in [-0.4, -0.2) is 38.4 Å². The largest absolute Gasteiger partial charge is 0.333 e. The second-order valence-electron chi connectivity index (χ2n) is 6.56. The minimum atomic E-state index is -0.509. The van der Waals surface area contributed by atoms with Crippen LogP contribution in [0.15, 0.2) is 29.4 Å². The van der Waals surface area contributed by atoms with Crippen LogP contribution in [0.25, 0.3) is 11.4 Å². The fourth-order valence-electron chi connectivity index (χ4n) is 2.00. The molecule has 0 spiro atoms. The standard InChI is InChI=1S/C17H23N5O2S/c1-5-11-6-8-12(9-7-11)14-19-16(22-21-14)25-10-13(23)18-15(24)20-17(2,3)4/h6-9H,5,10H2,1-4H3,(H,19,21,22)(H2,18,20,23,24). The van der Waals surface area contributed by atoms with E-state index in [4.69, 9.17) is 0 Å². The van der Waals surface area contributed by atoms with E-state index in [-0.39, 0.29) is 5.75 Å². The lowest BCUT2D eigenvalue weighted by Crippen LogP contribution is -2.48. The van der Waals surface area contributed by atoms with Crippen molar-refractivity contribution in [3.05, 3.63) is 29.8 Å². The summed E-state index contributed by atoms with van der Waals surface area (Å²) in [7, 11) is 0. The van der Waals surface area contributed by atoms with Crippen molar-refractivity contribution in [2.75, 3.05) is 5.75 Å². The molecular weight excluding hydrogens is 338 g/mol. The minimum absolute atomic E-state index is 0.0592. The first-order valence-electron chi connectivity index (χ1n) is 8.03. The first kappa shape index (κ1) is 19.0. The number of thioether (sulfide) groups is 1. The van der Waals surface area contributed by atoms with E-state index in [0.717, 1.165) is 12.0 Å². The number of benzene rings is 1. The van der Waals surface area contributed by atoms with E-state index >= 15 is 0 Å². The summed E-state index contributed by atoms with van der Waals surface area (Å²) in [6, 6.07) is 7.55. The van der Waals surface area contributed by atoms with Crippen molar-refractivity contribution in [2.24, 2.45) is 0 Å². The predicted octanol–water partition coefficient (Wildman–Crippen LogP) is 2.75. The SMILES string of the molecule is CCc1ccc(-c2nc(SCC(=O)NC(=O)NC(C)(C)C)n[nH]2)cc1. The molecule has 0 bridgehead atoms. The molecule has 25 heavy (non-hydrogen) atoms. The van der Waals surface area contributed by atoms with Crippen LogP contribution in [0.2, 0.25) is 0 Å². The molecule has 0 unspecified atom stereocenters. The summed E-state index contributed by atoms with van der Waals surface area (Å²) >= 11 is 1.17. The molecule has 2 rings (SSSR count). The number of urea groups is 1. The zero-order valence-electron chi connectivity index (χ0n) is 14.8. The van der Waals surface area contributed by atoms with Crippen LogP contribution in [0.3, 0.4) is 0 Å². The van der Waals surface area contributed by atoms with Gasteiger partial charge in [0.15, 0.2) is 5.82 Å². The van der Waals surface area contributed by atoms with Crippen molar-refractivity contribution in [3.8, 4) is 11.4 Å². The zero-order chi connectivity index (χ0) is 18.4. The highest BCUT2D eigenvalue weighted by Crippen LogP contribution is 2.19. The highest BCUT2D eigenvalue weighted by Gasteiger charge is 2.16. The molecule has 0 aliphatic carbocycles. The fraction of sp³-hybridized carbons (Fsp3) is 0.412. The molecule has 0 aliphatic rings. The van der Waals surface area contributed by atoms with Crippen LogP contribution >= 0.6 is 11.8 Å². The van der Waals surface area contributed by atoms with Crippen molar-refractivity contribution in [3.63, 3.8) is 0 Å². The third kappa shape index (κ3) is 6.22. The van der Waals surface area contributed by atoms with Gasteiger partial charge in [-0.05, 0) is 32.8 Å². The van der Waals surface area contributed by atoms with Gasteiger partial charge in [-0.2, -0.15) is 0 Å². The van der Waals surface area contributed by atoms with Crippen LogP contribution in [-0.2, 0) is 11.2 Å². The van der Waals surface area contributed by atoms with Crippen molar-refractivity contribution in [1.29, 1.82) is 0 Å². The minimum Gasteiger partial charge on any atom is -0.333 e. The number of aryl methyl sites for hydroxylation is 1. The molecule has 7 nitrogen and oxygen atoms in total. The van der Waals surface area contributed by atoms with Gasteiger partial charge in [-0.25, -0.2) is 9.78 Å². The van der Waals surface area contributed by atoms with Gasteiger partial charge in [0.2, 0.25) is 11.1 Å². The number of carbonyl (C=O) groups excluding carboxylic acids is 2. The summed E-state index contributed by atoms with van der Waals surface area (Å²) in [6.07, 6.45) is 0.982. The lowest BCUT2D eigenvalue weighted by atomic mass is 10.1. The highest BCUT2D eigenvalue weighted by molar-refractivity contribution is 7.99. The van der Waals surface area contributed by atoms with Crippen molar-refractivity contribution >= 4 is 23.7 Å². The number of imide groups is 1. The zero-order valence-corrected chi connectivity index (χ0v) is 15.7. The maximum Gasteiger partial charge on any atom is 0.321 e. The second kappa shape index (κ2) is 8.15. The number of nitrogens with one attached hydrogen (secondary N) is 3. The third-order valence-corrected chi connectivity index (χ3v) is 4.02. The first-order chi connectivity index (χ1) is 11.8. The molecule has 8 heteroatoms. The Morgan fingerprint density at radius 3 is 2.48 bits per heavy atom. The molecule has 0 saturated carbocycles. The van der Waals surface area contributed by atoms with E-state index in [1.54, 1.807) is 0 Å². The molecule has 1 aromatic heterocycles. The van der Waals surface area contributed by atoms with E-state index in [1.165, 1.54) is 17.3 Å². The molecule has 2 aromatic rings. The lowest BCUT2D eigenvalue weighted by molar-refractivity contribution is -0.117. The Labute approximate surface area is 151 Å². The Kier molecular flexibility index (Phi) is 6.19. The summed E-state index contributed by atoms with van der Waals surface area (Å²) in [6.45, 7) is 7.63. The van der Waals surface area contributed by atoms with E-state index in [0.29, 0.717) is 11.0 Å². The van der Waals surface area contributed by atoms with Crippen LogP contribution in [0.4, 0.5) is 4.79 Å². The van der Waals surface area contributed by atoms with Gasteiger partial charge in [0.25, 0.3) is 0 Å². The average molecular weight is 361 g/mol. The van der Waals surface area contributed by atoms with Crippen LogP contribution in [0, 0.1) is 0 Å². The van der Waals surface area contributed by atoms with Crippen LogP contribution in [0.5, 0.6) is 0 Å². The quantitative estimate of drug-likeness (QED) is 0.711. The van der Waals surface area contributed by atoms with Gasteiger partial charge in [-0.3, -0.25) is 15.2 Å². The molecule has 134 valence electrons. The van der Waals surface area contributed by atoms with Gasteiger partial charge < -0.3 is 5.32 Å². The molecule has 1 aromatic carbocycles. The first-order valence-corrected chi connectivity index (χ1v) is 9.02. The van der Waals surface area contributed by atoms with Crippen LogP contribution < -0.4 is 10.6 Å². The number of aromatic amines is 1. The van der Waals surface area contributed by atoms with Crippen molar-refractivity contribution < 1.29 is 9.59 Å². The summed E-state index contributed by atoms with van der Waals surface area (Å²) in [5, 5.41) is 12.4. The monoisotopic (exact) mass is 361 g/mol. The number of carbonyl (C=O) groups is 2. The number of rotatable bonds is 5. The van der Waals surface area contributed by atoms with Crippen molar-refractivity contribution in [1.82, 2.24) is 25.8 Å². The fourth-order valence-corrected chi connectivity index (χ4v) is 2.60. The second-order valence-corrected chi connectivity index (χ2v) is 7.50. The topological polar surface area (TPSA) is 99.8 Å². The normalized spacial score (nSPS) is 11.2. The van der Waals surface area contributed by atoms with Crippen LogP contribution in [0.1, 0.15) is 33.3 Å².